The van der Waals surface area contributed by atoms with Crippen LogP contribution in [0.5, 0.6) is 0 Å². The summed E-state index contributed by atoms with van der Waals surface area (Å²) in [7, 11) is 0. The van der Waals surface area contributed by atoms with Crippen LogP contribution < -0.4 is 10.9 Å². The number of hydrogen-bond acceptors (Lipinski definition) is 3. The number of halogens is 3. The number of carbonyl (C=O) groups is 1. The number of alkyl halides is 2. The molecule has 0 aromatic carbocycles. The van der Waals surface area contributed by atoms with Crippen molar-refractivity contribution in [1.82, 2.24) is 14.9 Å². The molecule has 1 rings (SSSR count). The number of rotatable bonds is 6. The predicted octanol–water partition coefficient (Wildman–Crippen LogP) is 4.38. The predicted molar refractivity (Wildman–Crippen MR) is 99.1 cm³/mol. The number of nitrogens with one attached hydrogen (secondary N) is 1. The third kappa shape index (κ3) is 4.88. The number of allylic oxidation sites excluding steroid dienone is 4. The topological polar surface area (TPSA) is 64.0 Å². The van der Waals surface area contributed by atoms with Crippen LogP contribution in [0, 0.1) is 6.92 Å². The molecular formula is C18H22ClF2N3O2. The van der Waals surface area contributed by atoms with Gasteiger partial charge in [-0.25, -0.2) is 9.55 Å². The van der Waals surface area contributed by atoms with Gasteiger partial charge in [-0.1, -0.05) is 30.7 Å². The average molecular weight is 386 g/mol. The summed E-state index contributed by atoms with van der Waals surface area (Å²) in [4.78, 5) is 28.0. The first-order chi connectivity index (χ1) is 12.0. The first kappa shape index (κ1) is 21.8. The molecule has 0 aliphatic rings. The summed E-state index contributed by atoms with van der Waals surface area (Å²) >= 11 is 6.03. The number of hydrogen-bond donors (Lipinski definition) is 1. The smallest absolute Gasteiger partial charge is 0.322 e. The van der Waals surface area contributed by atoms with Crippen molar-refractivity contribution >= 4 is 23.1 Å². The van der Waals surface area contributed by atoms with Crippen molar-refractivity contribution in [1.29, 1.82) is 0 Å². The molecule has 142 valence electrons. The quantitative estimate of drug-likeness (QED) is 0.739. The molecule has 0 radical (unpaired) electrons. The zero-order valence-electron chi connectivity index (χ0n) is 15.4. The number of aryl methyl sites for hydroxylation is 1. The first-order valence-electron chi connectivity index (χ1n) is 7.93. The molecule has 1 aromatic rings. The zero-order chi connectivity index (χ0) is 20.2. The summed E-state index contributed by atoms with van der Waals surface area (Å²) in [6.07, 6.45) is 1.88. The van der Waals surface area contributed by atoms with Crippen LogP contribution in [0.2, 0.25) is 5.02 Å². The van der Waals surface area contributed by atoms with Gasteiger partial charge in [0, 0.05) is 17.7 Å². The van der Waals surface area contributed by atoms with Gasteiger partial charge < -0.3 is 5.32 Å². The van der Waals surface area contributed by atoms with Crippen molar-refractivity contribution in [3.8, 4) is 0 Å². The fourth-order valence-corrected chi connectivity index (χ4v) is 2.34. The van der Waals surface area contributed by atoms with E-state index in [1.165, 1.54) is 6.92 Å². The maximum Gasteiger partial charge on any atom is 0.322 e. The van der Waals surface area contributed by atoms with Crippen LogP contribution >= 0.6 is 11.6 Å². The molecule has 0 saturated heterocycles. The molecule has 5 nitrogen and oxygen atoms in total. The third-order valence-corrected chi connectivity index (χ3v) is 3.91. The summed E-state index contributed by atoms with van der Waals surface area (Å²) < 4.78 is 26.3. The Balaban J connectivity index is 3.67. The summed E-state index contributed by atoms with van der Waals surface area (Å²) in [5.41, 5.74) is 1.21. The number of aromatic nitrogens is 2. The Bertz CT molecular complexity index is 851. The van der Waals surface area contributed by atoms with E-state index in [2.05, 4.69) is 16.9 Å². The maximum absolute atomic E-state index is 13.0. The van der Waals surface area contributed by atoms with E-state index in [1.54, 1.807) is 33.8 Å². The van der Waals surface area contributed by atoms with Gasteiger partial charge >= 0.3 is 6.55 Å². The minimum atomic E-state index is -3.05. The van der Waals surface area contributed by atoms with Crippen molar-refractivity contribution < 1.29 is 13.6 Å². The van der Waals surface area contributed by atoms with Gasteiger partial charge in [0.15, 0.2) is 0 Å². The number of amides is 1. The Kier molecular flexibility index (Phi) is 7.44. The second-order valence-electron chi connectivity index (χ2n) is 5.93. The van der Waals surface area contributed by atoms with Crippen molar-refractivity contribution in [3.63, 3.8) is 0 Å². The van der Waals surface area contributed by atoms with E-state index in [-0.39, 0.29) is 28.4 Å². The lowest BCUT2D eigenvalue weighted by Gasteiger charge is -2.15. The van der Waals surface area contributed by atoms with Gasteiger partial charge in [0.25, 0.3) is 5.56 Å². The molecule has 8 heteroatoms. The van der Waals surface area contributed by atoms with Crippen molar-refractivity contribution in [2.45, 2.75) is 47.6 Å². The van der Waals surface area contributed by atoms with Crippen molar-refractivity contribution in [3.05, 3.63) is 56.4 Å². The number of nitrogens with zero attached hydrogens (tertiary/aromatic N) is 2. The Hall–Kier alpha value is -2.28. The van der Waals surface area contributed by atoms with Gasteiger partial charge in [-0.05, 0) is 39.3 Å². The molecule has 1 aromatic heterocycles. The fourth-order valence-electron chi connectivity index (χ4n) is 2.11. The van der Waals surface area contributed by atoms with Crippen LogP contribution in [0.1, 0.15) is 52.2 Å². The van der Waals surface area contributed by atoms with Crippen LogP contribution in [0.4, 0.5) is 8.78 Å². The normalized spacial score (nSPS) is 11.5. The van der Waals surface area contributed by atoms with Crippen molar-refractivity contribution in [2.24, 2.45) is 0 Å². The second-order valence-corrected chi connectivity index (χ2v) is 6.31. The van der Waals surface area contributed by atoms with Crippen LogP contribution in [-0.4, -0.2) is 15.5 Å². The largest absolute Gasteiger partial charge is 0.326 e. The van der Waals surface area contributed by atoms with E-state index < -0.39 is 17.1 Å². The minimum absolute atomic E-state index is 0.0445. The minimum Gasteiger partial charge on any atom is -0.326 e. The van der Waals surface area contributed by atoms with Gasteiger partial charge in [0.05, 0.1) is 5.69 Å². The van der Waals surface area contributed by atoms with E-state index >= 15 is 0 Å². The summed E-state index contributed by atoms with van der Waals surface area (Å²) in [5, 5.41) is 2.32. The molecule has 0 saturated carbocycles. The highest BCUT2D eigenvalue weighted by atomic mass is 35.5. The molecule has 0 aliphatic heterocycles. The van der Waals surface area contributed by atoms with Crippen LogP contribution in [-0.2, 0) is 4.79 Å². The highest BCUT2D eigenvalue weighted by molar-refractivity contribution is 6.32. The van der Waals surface area contributed by atoms with Crippen LogP contribution in [0.3, 0.4) is 0 Å². The molecule has 0 fully saturated rings. The van der Waals surface area contributed by atoms with E-state index in [0.29, 0.717) is 16.8 Å². The molecule has 1 amide bonds. The molecule has 1 heterocycles. The Morgan fingerprint density at radius 3 is 2.38 bits per heavy atom. The summed E-state index contributed by atoms with van der Waals surface area (Å²) in [5.74, 6) is -0.366. The second kappa shape index (κ2) is 8.89. The standard InChI is InChI=1S/C18H22ClF2N3O2/c1-7-14(25)23-13(10(4)5)8-12(9(2)3)16-15(19)17(26)24(18(20)21)11(6)22-16/h8,18H,2,7H2,1,3-6H3,(H,23,25)/b12-8+. The Morgan fingerprint density at radius 2 is 1.96 bits per heavy atom. The lowest BCUT2D eigenvalue weighted by molar-refractivity contribution is -0.120. The van der Waals surface area contributed by atoms with Crippen LogP contribution in [0.15, 0.2) is 34.3 Å². The van der Waals surface area contributed by atoms with Crippen molar-refractivity contribution in [2.75, 3.05) is 0 Å². The van der Waals surface area contributed by atoms with Gasteiger partial charge in [-0.3, -0.25) is 9.59 Å². The molecule has 0 unspecified atom stereocenters. The lowest BCUT2D eigenvalue weighted by atomic mass is 10.0. The molecule has 1 N–H and O–H groups in total. The molecule has 0 spiro atoms. The van der Waals surface area contributed by atoms with E-state index in [4.69, 9.17) is 11.6 Å². The van der Waals surface area contributed by atoms with Gasteiger partial charge in [0.1, 0.15) is 10.8 Å². The highest BCUT2D eigenvalue weighted by Gasteiger charge is 2.21. The van der Waals surface area contributed by atoms with Gasteiger partial charge in [0.2, 0.25) is 5.91 Å². The monoisotopic (exact) mass is 385 g/mol. The zero-order valence-corrected chi connectivity index (χ0v) is 16.2. The fraction of sp³-hybridized carbons (Fsp3) is 0.389. The molecule has 26 heavy (non-hydrogen) atoms. The van der Waals surface area contributed by atoms with E-state index in [0.717, 1.165) is 5.57 Å². The molecule has 0 bridgehead atoms. The van der Waals surface area contributed by atoms with E-state index in [9.17, 15) is 18.4 Å². The lowest BCUT2D eigenvalue weighted by Crippen LogP contribution is -2.26. The molecule has 0 atom stereocenters. The summed E-state index contributed by atoms with van der Waals surface area (Å²) in [6, 6.07) is 0. The van der Waals surface area contributed by atoms with E-state index in [1.807, 2.05) is 0 Å². The molecule has 0 aliphatic carbocycles. The maximum atomic E-state index is 13.0. The Morgan fingerprint density at radius 1 is 1.38 bits per heavy atom. The third-order valence-electron chi connectivity index (χ3n) is 3.57. The number of carbonyl (C=O) groups excluding carboxylic acids is 1. The van der Waals surface area contributed by atoms with Gasteiger partial charge in [-0.15, -0.1) is 0 Å². The average Bonchev–Trinajstić information content (AvgIpc) is 2.53. The molecular weight excluding hydrogens is 364 g/mol. The SMILES string of the molecule is C=C(C)/C(=C\C(NC(=O)CC)=C(C)C)c1nc(C)n(C(F)F)c(=O)c1Cl. The first-order valence-corrected chi connectivity index (χ1v) is 8.31. The summed E-state index contributed by atoms with van der Waals surface area (Å²) in [6.45, 7) is 9.07. The van der Waals surface area contributed by atoms with Gasteiger partial charge in [-0.2, -0.15) is 8.78 Å². The highest BCUT2D eigenvalue weighted by Crippen LogP contribution is 2.27. The Labute approximate surface area is 156 Å². The van der Waals surface area contributed by atoms with Crippen LogP contribution in [0.25, 0.3) is 5.57 Å².